The lowest BCUT2D eigenvalue weighted by Crippen LogP contribution is -2.43. The highest BCUT2D eigenvalue weighted by Crippen LogP contribution is 2.30. The number of nitrogens with one attached hydrogen (secondary N) is 2. The van der Waals surface area contributed by atoms with Gasteiger partial charge in [-0.25, -0.2) is 0 Å². The Morgan fingerprint density at radius 1 is 1.13 bits per heavy atom. The number of furan rings is 1. The number of nitrogens with zero attached hydrogens (tertiary/aromatic N) is 1. The van der Waals surface area contributed by atoms with E-state index in [1.807, 2.05) is 24.3 Å². The second-order valence-electron chi connectivity index (χ2n) is 7.59. The van der Waals surface area contributed by atoms with Gasteiger partial charge in [0.2, 0.25) is 5.91 Å². The van der Waals surface area contributed by atoms with Crippen LogP contribution in [0.2, 0.25) is 5.02 Å². The van der Waals surface area contributed by atoms with Crippen LogP contribution < -0.4 is 10.6 Å². The molecule has 1 saturated heterocycles. The third kappa shape index (κ3) is 4.75. The summed E-state index contributed by atoms with van der Waals surface area (Å²) in [5.74, 6) is -0.257. The zero-order chi connectivity index (χ0) is 21.8. The highest BCUT2D eigenvalue weighted by molar-refractivity contribution is 6.33. The van der Waals surface area contributed by atoms with Gasteiger partial charge in [0.05, 0.1) is 17.0 Å². The van der Waals surface area contributed by atoms with Gasteiger partial charge in [0.25, 0.3) is 5.91 Å². The van der Waals surface area contributed by atoms with Crippen LogP contribution in [-0.2, 0) is 4.79 Å². The van der Waals surface area contributed by atoms with Crippen molar-refractivity contribution in [3.05, 3.63) is 83.3 Å². The Labute approximate surface area is 186 Å². The fourth-order valence-corrected chi connectivity index (χ4v) is 4.05. The van der Waals surface area contributed by atoms with Gasteiger partial charge in [-0.05, 0) is 55.7 Å². The van der Waals surface area contributed by atoms with E-state index in [1.54, 1.807) is 29.2 Å². The van der Waals surface area contributed by atoms with Crippen molar-refractivity contribution < 1.29 is 14.0 Å². The average molecular weight is 438 g/mol. The smallest absolute Gasteiger partial charge is 0.290 e. The number of hydrogen-bond acceptors (Lipinski definition) is 4. The molecule has 2 atom stereocenters. The Morgan fingerprint density at radius 3 is 2.65 bits per heavy atom. The first-order valence-corrected chi connectivity index (χ1v) is 10.7. The van der Waals surface area contributed by atoms with Crippen LogP contribution in [0.15, 0.2) is 71.3 Å². The Kier molecular flexibility index (Phi) is 6.28. The highest BCUT2D eigenvalue weighted by Gasteiger charge is 2.35. The first-order valence-electron chi connectivity index (χ1n) is 10.3. The molecule has 31 heavy (non-hydrogen) atoms. The molecular formula is C24H24ClN3O3. The number of amides is 2. The lowest BCUT2D eigenvalue weighted by Gasteiger charge is -2.23. The quantitative estimate of drug-likeness (QED) is 0.545. The Hall–Kier alpha value is -3.25. The van der Waals surface area contributed by atoms with Gasteiger partial charge < -0.3 is 20.0 Å². The minimum atomic E-state index is -0.535. The number of likely N-dealkylation sites (tertiary alicyclic amines) is 1. The van der Waals surface area contributed by atoms with Gasteiger partial charge in [-0.2, -0.15) is 0 Å². The van der Waals surface area contributed by atoms with E-state index >= 15 is 0 Å². The third-order valence-electron chi connectivity index (χ3n) is 5.46. The molecule has 7 heteroatoms. The predicted molar refractivity (Wildman–Crippen MR) is 121 cm³/mol. The highest BCUT2D eigenvalue weighted by atomic mass is 35.5. The predicted octanol–water partition coefficient (Wildman–Crippen LogP) is 5.35. The van der Waals surface area contributed by atoms with E-state index in [4.69, 9.17) is 16.0 Å². The van der Waals surface area contributed by atoms with Crippen molar-refractivity contribution in [2.24, 2.45) is 0 Å². The SMILES string of the molecule is CC(Nc1ccc(NC(=O)C2CCCN2C(=O)c2ccco2)cc1Cl)c1ccccc1. The number of benzene rings is 2. The molecule has 0 spiro atoms. The van der Waals surface area contributed by atoms with Crippen LogP contribution in [0.4, 0.5) is 11.4 Å². The molecule has 2 amide bonds. The number of hydrogen-bond donors (Lipinski definition) is 2. The number of halogens is 1. The number of carbonyl (C=O) groups is 2. The summed E-state index contributed by atoms with van der Waals surface area (Å²) in [7, 11) is 0. The summed E-state index contributed by atoms with van der Waals surface area (Å²) in [6, 6.07) is 18.3. The van der Waals surface area contributed by atoms with Crippen molar-refractivity contribution in [1.29, 1.82) is 0 Å². The number of anilines is 2. The van der Waals surface area contributed by atoms with Crippen LogP contribution in [0.3, 0.4) is 0 Å². The van der Waals surface area contributed by atoms with Gasteiger partial charge in [0, 0.05) is 18.3 Å². The monoisotopic (exact) mass is 437 g/mol. The zero-order valence-electron chi connectivity index (χ0n) is 17.2. The second kappa shape index (κ2) is 9.27. The molecule has 2 unspecified atom stereocenters. The van der Waals surface area contributed by atoms with Crippen LogP contribution in [0.1, 0.15) is 41.9 Å². The standard InChI is InChI=1S/C24H24ClN3O3/c1-16(17-7-3-2-4-8-17)26-20-12-11-18(15-19(20)25)27-23(29)21-9-5-13-28(21)24(30)22-10-6-14-31-22/h2-4,6-8,10-12,14-16,21,26H,5,9,13H2,1H3,(H,27,29). The number of rotatable bonds is 6. The molecule has 3 aromatic rings. The molecule has 160 valence electrons. The van der Waals surface area contributed by atoms with Crippen LogP contribution >= 0.6 is 11.6 Å². The van der Waals surface area contributed by atoms with E-state index in [-0.39, 0.29) is 23.6 Å². The topological polar surface area (TPSA) is 74.6 Å². The van der Waals surface area contributed by atoms with Gasteiger partial charge in [-0.15, -0.1) is 0 Å². The maximum Gasteiger partial charge on any atom is 0.290 e. The molecule has 2 heterocycles. The Bertz CT molecular complexity index is 1050. The van der Waals surface area contributed by atoms with Gasteiger partial charge in [-0.1, -0.05) is 41.9 Å². The van der Waals surface area contributed by atoms with E-state index < -0.39 is 6.04 Å². The molecular weight excluding hydrogens is 414 g/mol. The normalized spacial score (nSPS) is 16.7. The summed E-state index contributed by atoms with van der Waals surface area (Å²) >= 11 is 6.46. The van der Waals surface area contributed by atoms with Gasteiger partial charge >= 0.3 is 0 Å². The van der Waals surface area contributed by atoms with Crippen LogP contribution in [-0.4, -0.2) is 29.3 Å². The van der Waals surface area contributed by atoms with E-state index in [9.17, 15) is 9.59 Å². The van der Waals surface area contributed by atoms with Crippen LogP contribution in [0.25, 0.3) is 0 Å². The van der Waals surface area contributed by atoms with E-state index in [0.717, 1.165) is 17.7 Å². The van der Waals surface area contributed by atoms with E-state index in [2.05, 4.69) is 29.7 Å². The molecule has 0 bridgehead atoms. The first kappa shape index (κ1) is 21.0. The molecule has 0 saturated carbocycles. The minimum Gasteiger partial charge on any atom is -0.459 e. The fourth-order valence-electron chi connectivity index (χ4n) is 3.82. The van der Waals surface area contributed by atoms with E-state index in [0.29, 0.717) is 23.7 Å². The average Bonchev–Trinajstić information content (AvgIpc) is 3.48. The maximum atomic E-state index is 12.9. The lowest BCUT2D eigenvalue weighted by molar-refractivity contribution is -0.119. The van der Waals surface area contributed by atoms with Gasteiger partial charge in [0.15, 0.2) is 5.76 Å². The summed E-state index contributed by atoms with van der Waals surface area (Å²) in [5.41, 5.74) is 2.52. The van der Waals surface area contributed by atoms with Gasteiger partial charge in [0.1, 0.15) is 6.04 Å². The van der Waals surface area contributed by atoms with E-state index in [1.165, 1.54) is 6.26 Å². The molecule has 2 aromatic carbocycles. The largest absolute Gasteiger partial charge is 0.459 e. The van der Waals surface area contributed by atoms with Crippen LogP contribution in [0.5, 0.6) is 0 Å². The molecule has 6 nitrogen and oxygen atoms in total. The van der Waals surface area contributed by atoms with Crippen molar-refractivity contribution in [2.45, 2.75) is 31.8 Å². The third-order valence-corrected chi connectivity index (χ3v) is 5.77. The first-order chi connectivity index (χ1) is 15.0. The summed E-state index contributed by atoms with van der Waals surface area (Å²) in [5, 5.41) is 6.79. The van der Waals surface area contributed by atoms with Crippen molar-refractivity contribution in [1.82, 2.24) is 4.90 Å². The summed E-state index contributed by atoms with van der Waals surface area (Å²) < 4.78 is 5.20. The molecule has 1 aromatic heterocycles. The fraction of sp³-hybridized carbons (Fsp3) is 0.250. The van der Waals surface area contributed by atoms with Crippen molar-refractivity contribution in [2.75, 3.05) is 17.2 Å². The van der Waals surface area contributed by atoms with Crippen molar-refractivity contribution in [3.63, 3.8) is 0 Å². The summed E-state index contributed by atoms with van der Waals surface area (Å²) in [4.78, 5) is 27.0. The molecule has 1 aliphatic rings. The van der Waals surface area contributed by atoms with Crippen molar-refractivity contribution >= 4 is 34.8 Å². The Balaban J connectivity index is 1.41. The maximum absolute atomic E-state index is 12.9. The molecule has 0 aliphatic carbocycles. The molecule has 1 fully saturated rings. The van der Waals surface area contributed by atoms with Crippen LogP contribution in [0, 0.1) is 0 Å². The zero-order valence-corrected chi connectivity index (χ0v) is 17.9. The summed E-state index contributed by atoms with van der Waals surface area (Å²) in [6.45, 7) is 2.59. The Morgan fingerprint density at radius 2 is 1.94 bits per heavy atom. The second-order valence-corrected chi connectivity index (χ2v) is 8.00. The minimum absolute atomic E-state index is 0.0822. The number of carbonyl (C=O) groups excluding carboxylic acids is 2. The molecule has 4 rings (SSSR count). The van der Waals surface area contributed by atoms with Crippen molar-refractivity contribution in [3.8, 4) is 0 Å². The van der Waals surface area contributed by atoms with Gasteiger partial charge in [-0.3, -0.25) is 9.59 Å². The summed E-state index contributed by atoms with van der Waals surface area (Å²) in [6.07, 6.45) is 2.83. The lowest BCUT2D eigenvalue weighted by atomic mass is 10.1. The molecule has 1 aliphatic heterocycles. The molecule has 2 N–H and O–H groups in total. The molecule has 0 radical (unpaired) electrons.